The monoisotopic (exact) mass is 1640 g/mol. The molecule has 13 N–H and O–H groups in total. The van der Waals surface area contributed by atoms with E-state index in [0.717, 1.165) is 48.7 Å². The Morgan fingerprint density at radius 1 is 0.718 bits per heavy atom. The van der Waals surface area contributed by atoms with Crippen LogP contribution in [0.5, 0.6) is 5.75 Å². The Morgan fingerprint density at radius 3 is 1.77 bits per heavy atom. The molecule has 2 aromatic carbocycles. The Labute approximate surface area is 669 Å². The topological polar surface area (TPSA) is 587 Å². The van der Waals surface area contributed by atoms with Crippen LogP contribution >= 0.6 is 70.1 Å². The number of carbonyl (C=O) groups is 14. The maximum Gasteiger partial charge on any atom is 1.00 e. The van der Waals surface area contributed by atoms with Crippen LogP contribution in [-0.4, -0.2) is 281 Å². The number of carbonyl (C=O) groups excluding carboxylic acids is 10. The molecule has 42 nitrogen and oxygen atoms in total. The molecule has 7 atom stereocenters. The molecule has 10 heterocycles. The number of hydrogen-bond acceptors (Lipinski definition) is 33. The number of thioether (sulfide) groups is 5. The third-order valence-corrected chi connectivity index (χ3v) is 23.6. The molecule has 4 saturated heterocycles. The Morgan fingerprint density at radius 2 is 1.25 bits per heavy atom. The molecule has 12 rings (SSSR count). The number of carboxylic acids is 4. The summed E-state index contributed by atoms with van der Waals surface area (Å²) in [6.07, 6.45) is 0.0586. The summed E-state index contributed by atoms with van der Waals surface area (Å²) in [5, 5.41) is 84.5. The average molecular weight is 1640 g/mol. The van der Waals surface area contributed by atoms with Gasteiger partial charge in [0.2, 0.25) is 22.1 Å². The number of thiazole rings is 1. The summed E-state index contributed by atoms with van der Waals surface area (Å²) < 4.78 is 7.41. The van der Waals surface area contributed by atoms with E-state index in [-0.39, 0.29) is 143 Å². The van der Waals surface area contributed by atoms with Crippen molar-refractivity contribution >= 4 is 164 Å². The zero-order valence-electron chi connectivity index (χ0n) is 59.3. The molecule has 0 saturated carbocycles. The van der Waals surface area contributed by atoms with Crippen molar-refractivity contribution in [2.45, 2.75) is 84.0 Å². The number of rotatable bonds is 26. The first-order chi connectivity index (χ1) is 52.0. The van der Waals surface area contributed by atoms with E-state index in [4.69, 9.17) is 21.3 Å². The number of oxime groups is 1. The SMILES string of the molecule is CCN1CCN(C(=O)N[C@@H](C(=O)N[C@@H]2C(=O)N3C(C(=O)O)=C(CSc4nnnn4C)CS[C@H]23)c2ccc(O)cc2)C(=O)C1=O.CO/N=C(/C(=O)N[C@@H]1C(=O)N2C(C(=O)O)=C(COC(C)=O)CS[C@H]12)c1csc(N)n1.NCc1ccccc1CC(=O)N[C@@H]1C(=O)N2C(C(=O)O)=C(CSc3nnnn3CC(=O)O)CS[C@H]12.[H-].[Na+]. The van der Waals surface area contributed by atoms with E-state index >= 15 is 0 Å². The average Bonchev–Trinajstić information content (AvgIpc) is 1.15. The minimum atomic E-state index is -1.42. The summed E-state index contributed by atoms with van der Waals surface area (Å²) in [5.41, 5.74) is 13.9. The number of ether oxygens (including phenoxy) is 1. The number of β-lactam (4-membered cyclic amide) rings is 3. The second kappa shape index (κ2) is 37.0. The molecule has 0 spiro atoms. The van der Waals surface area contributed by atoms with Gasteiger partial charge in [-0.15, -0.1) is 56.8 Å². The summed E-state index contributed by atoms with van der Waals surface area (Å²) in [7, 11) is 2.90. The second-order valence-corrected chi connectivity index (χ2v) is 29.7. The Bertz CT molecular complexity index is 4660. The normalized spacial score (nSPS) is 20.1. The van der Waals surface area contributed by atoms with E-state index < -0.39 is 124 Å². The van der Waals surface area contributed by atoms with Crippen molar-refractivity contribution in [3.05, 3.63) is 110 Å². The number of aromatic nitrogens is 9. The number of benzene rings is 2. The third-order valence-electron chi connectivity index (χ3n) is 16.8. The van der Waals surface area contributed by atoms with Crippen LogP contribution in [0.2, 0.25) is 0 Å². The number of aromatic hydroxyl groups is 1. The van der Waals surface area contributed by atoms with Crippen molar-refractivity contribution < 1.29 is 133 Å². The number of esters is 1. The van der Waals surface area contributed by atoms with Crippen LogP contribution in [0.3, 0.4) is 0 Å². The van der Waals surface area contributed by atoms with Crippen LogP contribution in [0.4, 0.5) is 9.93 Å². The maximum absolute atomic E-state index is 13.6. The Balaban J connectivity index is 0.000000211. The Hall–Kier alpha value is -10.2. The van der Waals surface area contributed by atoms with Gasteiger partial charge in [0, 0.05) is 79.9 Å². The van der Waals surface area contributed by atoms with Crippen LogP contribution in [0.15, 0.2) is 103 Å². The summed E-state index contributed by atoms with van der Waals surface area (Å²) in [6, 6.07) is 7.31. The number of hydrogen-bond donors (Lipinski definition) is 11. The van der Waals surface area contributed by atoms with Gasteiger partial charge in [0.1, 0.15) is 89.1 Å². The van der Waals surface area contributed by atoms with E-state index in [1.165, 1.54) is 105 Å². The van der Waals surface area contributed by atoms with Crippen molar-refractivity contribution in [2.75, 3.05) is 67.8 Å². The van der Waals surface area contributed by atoms with Crippen molar-refractivity contribution in [1.82, 2.24) is 91.2 Å². The van der Waals surface area contributed by atoms with Gasteiger partial charge in [-0.1, -0.05) is 65.1 Å². The van der Waals surface area contributed by atoms with E-state index in [1.807, 2.05) is 12.1 Å². The third kappa shape index (κ3) is 18.6. The van der Waals surface area contributed by atoms with Crippen LogP contribution in [0.1, 0.15) is 43.7 Å². The second-order valence-electron chi connectivity index (χ2n) is 23.6. The molecule has 0 unspecified atom stereocenters. The largest absolute Gasteiger partial charge is 1.00 e. The van der Waals surface area contributed by atoms with Gasteiger partial charge in [0.15, 0.2) is 10.8 Å². The zero-order chi connectivity index (χ0) is 78.8. The summed E-state index contributed by atoms with van der Waals surface area (Å²) in [5.74, 6) is -10.0. The minimum Gasteiger partial charge on any atom is -1.00 e. The number of carboxylic acid groups (broad SMARTS) is 4. The van der Waals surface area contributed by atoms with Crippen molar-refractivity contribution in [1.29, 1.82) is 0 Å². The summed E-state index contributed by atoms with van der Waals surface area (Å²) in [4.78, 5) is 188. The number of amides is 10. The van der Waals surface area contributed by atoms with Gasteiger partial charge in [0.25, 0.3) is 23.6 Å². The van der Waals surface area contributed by atoms with Gasteiger partial charge in [-0.25, -0.2) is 33.5 Å². The van der Waals surface area contributed by atoms with Gasteiger partial charge in [-0.3, -0.25) is 67.5 Å². The van der Waals surface area contributed by atoms with Crippen LogP contribution in [0.25, 0.3) is 0 Å². The van der Waals surface area contributed by atoms with Gasteiger partial charge in [0.05, 0.1) is 6.42 Å². The number of nitrogens with zero attached hydrogens (tertiary/aromatic N) is 15. The molecule has 0 radical (unpaired) electrons. The zero-order valence-corrected chi connectivity index (χ0v) is 65.2. The summed E-state index contributed by atoms with van der Waals surface area (Å²) in [6.45, 7) is 2.87. The molecule has 4 fully saturated rings. The fourth-order valence-electron chi connectivity index (χ4n) is 11.5. The van der Waals surface area contributed by atoms with E-state index in [2.05, 4.69) is 67.3 Å². The predicted molar refractivity (Wildman–Crippen MR) is 384 cm³/mol. The van der Waals surface area contributed by atoms with E-state index in [9.17, 15) is 87.5 Å². The number of piperazine rings is 1. The molecule has 7 aliphatic heterocycles. The fraction of sp³-hybridized carbons (Fsp3) is 0.377. The molecule has 0 aliphatic carbocycles. The first kappa shape index (κ1) is 83.8. The first-order valence-corrected chi connectivity index (χ1v) is 38.0. The number of nitrogens with one attached hydrogen (secondary N) is 4. The Kier molecular flexibility index (Phi) is 28.2. The van der Waals surface area contributed by atoms with Crippen molar-refractivity contribution in [3.63, 3.8) is 0 Å². The van der Waals surface area contributed by atoms with Crippen LogP contribution < -0.4 is 62.3 Å². The number of aryl methyl sites for hydroxylation is 1. The van der Waals surface area contributed by atoms with Crippen LogP contribution in [0, 0.1) is 0 Å². The molecule has 7 aliphatic rings. The molecule has 49 heteroatoms. The first-order valence-electron chi connectivity index (χ1n) is 32.0. The van der Waals surface area contributed by atoms with Crippen LogP contribution in [-0.2, 0) is 98.5 Å². The number of aliphatic carboxylic acids is 4. The molecule has 110 heavy (non-hydrogen) atoms. The molecule has 0 bridgehead atoms. The number of anilines is 1. The van der Waals surface area contributed by atoms with Crippen molar-refractivity contribution in [2.24, 2.45) is 17.9 Å². The number of imide groups is 1. The molecule has 3 aromatic heterocycles. The van der Waals surface area contributed by atoms with E-state index in [0.29, 0.717) is 39.1 Å². The fourth-order valence-corrected chi connectivity index (χ4v) is 18.1. The van der Waals surface area contributed by atoms with E-state index in [1.54, 1.807) is 26.1 Å². The van der Waals surface area contributed by atoms with Gasteiger partial charge < -0.3 is 74.2 Å². The molecular weight excluding hydrogens is 1580 g/mol. The maximum atomic E-state index is 13.6. The minimum absolute atomic E-state index is 0. The number of nitrogen functional groups attached to an aromatic ring is 1. The number of phenols is 1. The van der Waals surface area contributed by atoms with Gasteiger partial charge >= 0.3 is 77.2 Å². The number of phenolic OH excluding ortho intramolecular Hbond substituents is 1. The number of tetrazole rings is 2. The number of nitrogens with two attached hydrogens (primary N) is 2. The number of likely N-dealkylation sites (N-methyl/N-ethyl adjacent to an activating group) is 1. The number of urea groups is 1. The predicted octanol–water partition coefficient (Wildman–Crippen LogP) is -5.33. The summed E-state index contributed by atoms with van der Waals surface area (Å²) >= 11 is 7.26. The number of fused-ring (bicyclic) bond motifs is 3. The molecule has 10 amide bonds. The molecular formula is C61H66N21NaO21S6. The standard InChI is InChI=1S/C25H27N9O8S2.C20H21N7O6S2.C16H17N5O7S2.Na.H/c1-3-32-8-9-33(21(39)20(32)38)24(42)27-15(12-4-6-14(35)7-5-12)18(36)26-16-19(37)34-17(23(40)41)13(10-43-22(16)34)11-44-25-28-29-30-31(25)2;21-6-11-4-2-1-3-10(11)5-13(28)22-15-17(31)27-16(19(32)33)12(8-34-18(15)27)9-35-20-23-24-25-26(20)7-14(29)30;1-6(22)28-3-7-4-29-14-10(13(24)21(14)11(7)15(25)26)19-12(23)9(20-27-2)8-5-30-16(17)18-8;;/h4-7,15-16,22,35H,3,8-11H2,1-2H3,(H,26,36)(H,27,42)(H,40,41);1-4,15,18H,5-9,21H2,(H,22,28)(H,29,30)(H,32,33);5,10,14H,3-4H2,1-2H3,(H2,17,18)(H,19,23)(H,25,26);;/q;;;+1;-1/b;;20-9+;;/t15-,16-,22-;15-,18-;10-,14-;;/m111../s1. The van der Waals surface area contributed by atoms with Crippen molar-refractivity contribution in [3.8, 4) is 5.75 Å². The smallest absolute Gasteiger partial charge is 1.00 e. The van der Waals surface area contributed by atoms with Gasteiger partial charge in [-0.2, -0.15) is 0 Å². The quantitative estimate of drug-likeness (QED) is 0.00468. The van der Waals surface area contributed by atoms with Gasteiger partial charge in [-0.05, 0) is 67.7 Å². The molecule has 5 aromatic rings. The molecule has 578 valence electrons.